The van der Waals surface area contributed by atoms with Crippen molar-refractivity contribution in [1.29, 1.82) is 0 Å². The molecule has 1 aromatic carbocycles. The number of anilines is 1. The fourth-order valence-electron chi connectivity index (χ4n) is 1.89. The van der Waals surface area contributed by atoms with Crippen LogP contribution in [0, 0.1) is 5.92 Å². The Bertz CT molecular complexity index is 454. The number of carboxylic acid groups (broad SMARTS) is 1. The number of carbonyl (C=O) groups excluding carboxylic acids is 1. The molecular formula is C12H13NO3. The number of carboxylic acids is 1. The van der Waals surface area contributed by atoms with Crippen LogP contribution in [0.3, 0.4) is 0 Å². The third-order valence-electron chi connectivity index (χ3n) is 2.87. The second-order valence-corrected chi connectivity index (χ2v) is 3.93. The molecule has 0 bridgehead atoms. The summed E-state index contributed by atoms with van der Waals surface area (Å²) in [5.41, 5.74) is 2.80. The van der Waals surface area contributed by atoms with E-state index in [9.17, 15) is 9.59 Å². The molecule has 4 nitrogen and oxygen atoms in total. The summed E-state index contributed by atoms with van der Waals surface area (Å²) in [6.45, 7) is 2.04. The highest BCUT2D eigenvalue weighted by Crippen LogP contribution is 2.26. The van der Waals surface area contributed by atoms with Gasteiger partial charge in [0.25, 0.3) is 0 Å². The number of amides is 1. The zero-order chi connectivity index (χ0) is 11.7. The van der Waals surface area contributed by atoms with Crippen LogP contribution in [0.15, 0.2) is 18.2 Å². The zero-order valence-corrected chi connectivity index (χ0v) is 8.99. The second-order valence-electron chi connectivity index (χ2n) is 3.93. The van der Waals surface area contributed by atoms with Gasteiger partial charge in [-0.25, -0.2) is 0 Å². The highest BCUT2D eigenvalue weighted by atomic mass is 16.4. The molecule has 1 unspecified atom stereocenters. The Morgan fingerprint density at radius 1 is 1.56 bits per heavy atom. The minimum absolute atomic E-state index is 0.282. The average Bonchev–Trinajstić information content (AvgIpc) is 2.27. The predicted octanol–water partition coefficient (Wildman–Crippen LogP) is 1.44. The molecule has 84 valence electrons. The van der Waals surface area contributed by atoms with E-state index in [1.54, 1.807) is 0 Å². The van der Waals surface area contributed by atoms with E-state index in [1.807, 2.05) is 25.1 Å². The molecule has 1 aliphatic rings. The molecule has 1 aliphatic heterocycles. The molecule has 0 saturated carbocycles. The van der Waals surface area contributed by atoms with Gasteiger partial charge in [-0.2, -0.15) is 0 Å². The second kappa shape index (κ2) is 3.96. The van der Waals surface area contributed by atoms with Gasteiger partial charge in [0.1, 0.15) is 5.92 Å². The van der Waals surface area contributed by atoms with Crippen LogP contribution in [0.1, 0.15) is 18.1 Å². The Balaban J connectivity index is 2.36. The van der Waals surface area contributed by atoms with Crippen LogP contribution < -0.4 is 5.32 Å². The highest BCUT2D eigenvalue weighted by molar-refractivity contribution is 6.06. The lowest BCUT2D eigenvalue weighted by atomic mass is 9.92. The summed E-state index contributed by atoms with van der Waals surface area (Å²) in [6, 6.07) is 5.75. The number of carbonyl (C=O) groups is 2. The van der Waals surface area contributed by atoms with E-state index in [4.69, 9.17) is 5.11 Å². The summed E-state index contributed by atoms with van der Waals surface area (Å²) >= 11 is 0. The van der Waals surface area contributed by atoms with Gasteiger partial charge in [0, 0.05) is 5.69 Å². The van der Waals surface area contributed by atoms with Crippen LogP contribution >= 0.6 is 0 Å². The number of rotatable bonds is 2. The smallest absolute Gasteiger partial charge is 0.316 e. The largest absolute Gasteiger partial charge is 0.481 e. The molecule has 0 aliphatic carbocycles. The van der Waals surface area contributed by atoms with Crippen molar-refractivity contribution in [2.24, 2.45) is 5.92 Å². The van der Waals surface area contributed by atoms with Gasteiger partial charge in [0.15, 0.2) is 0 Å². The van der Waals surface area contributed by atoms with E-state index in [2.05, 4.69) is 5.32 Å². The number of aryl methyl sites for hydroxylation is 1. The minimum atomic E-state index is -1.06. The molecule has 1 aromatic rings. The van der Waals surface area contributed by atoms with Gasteiger partial charge in [-0.05, 0) is 30.0 Å². The molecule has 0 fully saturated rings. The van der Waals surface area contributed by atoms with E-state index >= 15 is 0 Å². The Kier molecular flexibility index (Phi) is 2.64. The van der Waals surface area contributed by atoms with Crippen molar-refractivity contribution >= 4 is 17.6 Å². The first-order valence-electron chi connectivity index (χ1n) is 5.27. The van der Waals surface area contributed by atoms with E-state index in [0.717, 1.165) is 23.2 Å². The van der Waals surface area contributed by atoms with Crippen molar-refractivity contribution in [3.63, 3.8) is 0 Å². The van der Waals surface area contributed by atoms with Crippen LogP contribution in [0.25, 0.3) is 0 Å². The number of aliphatic carboxylic acids is 1. The number of fused-ring (bicyclic) bond motifs is 1. The number of hydrogen-bond acceptors (Lipinski definition) is 2. The fourth-order valence-corrected chi connectivity index (χ4v) is 1.89. The maximum atomic E-state index is 11.5. The molecule has 1 amide bonds. The van der Waals surface area contributed by atoms with Crippen LogP contribution in [-0.2, 0) is 22.4 Å². The fraction of sp³-hybridized carbons (Fsp3) is 0.333. The van der Waals surface area contributed by atoms with Crippen molar-refractivity contribution in [1.82, 2.24) is 0 Å². The van der Waals surface area contributed by atoms with Crippen LogP contribution in [0.4, 0.5) is 5.69 Å². The first-order chi connectivity index (χ1) is 7.61. The number of hydrogen-bond donors (Lipinski definition) is 2. The lowest BCUT2D eigenvalue weighted by Crippen LogP contribution is -2.35. The Morgan fingerprint density at radius 3 is 2.94 bits per heavy atom. The average molecular weight is 219 g/mol. The third-order valence-corrected chi connectivity index (χ3v) is 2.87. The lowest BCUT2D eigenvalue weighted by molar-refractivity contribution is -0.145. The number of nitrogens with one attached hydrogen (secondary N) is 1. The van der Waals surface area contributed by atoms with Gasteiger partial charge in [-0.15, -0.1) is 0 Å². The SMILES string of the molecule is CCc1ccc2c(c1)CC(C(=O)O)C(=O)N2. The molecule has 2 rings (SSSR count). The minimum Gasteiger partial charge on any atom is -0.481 e. The van der Waals surface area contributed by atoms with Crippen molar-refractivity contribution in [2.45, 2.75) is 19.8 Å². The summed E-state index contributed by atoms with van der Waals surface area (Å²) in [7, 11) is 0. The van der Waals surface area contributed by atoms with E-state index in [-0.39, 0.29) is 6.42 Å². The topological polar surface area (TPSA) is 66.4 Å². The molecule has 16 heavy (non-hydrogen) atoms. The van der Waals surface area contributed by atoms with Gasteiger partial charge in [-0.1, -0.05) is 19.1 Å². The molecule has 0 radical (unpaired) electrons. The van der Waals surface area contributed by atoms with Gasteiger partial charge < -0.3 is 10.4 Å². The zero-order valence-electron chi connectivity index (χ0n) is 8.99. The van der Waals surface area contributed by atoms with E-state index in [1.165, 1.54) is 0 Å². The van der Waals surface area contributed by atoms with Crippen LogP contribution in [-0.4, -0.2) is 17.0 Å². The van der Waals surface area contributed by atoms with Crippen LogP contribution in [0.5, 0.6) is 0 Å². The quantitative estimate of drug-likeness (QED) is 0.740. The molecular weight excluding hydrogens is 206 g/mol. The maximum absolute atomic E-state index is 11.5. The summed E-state index contributed by atoms with van der Waals surface area (Å²) in [6.07, 6.45) is 1.18. The highest BCUT2D eigenvalue weighted by Gasteiger charge is 2.31. The molecule has 1 heterocycles. The third kappa shape index (κ3) is 1.78. The van der Waals surface area contributed by atoms with Gasteiger partial charge in [-0.3, -0.25) is 9.59 Å². The summed E-state index contributed by atoms with van der Waals surface area (Å²) in [5, 5.41) is 11.5. The maximum Gasteiger partial charge on any atom is 0.316 e. The molecule has 4 heteroatoms. The summed E-state index contributed by atoms with van der Waals surface area (Å²) in [5.74, 6) is -2.45. The molecule has 0 spiro atoms. The normalized spacial score (nSPS) is 18.8. The first kappa shape index (κ1) is 10.7. The van der Waals surface area contributed by atoms with E-state index in [0.29, 0.717) is 0 Å². The van der Waals surface area contributed by atoms with Crippen molar-refractivity contribution in [3.8, 4) is 0 Å². The number of benzene rings is 1. The molecule has 0 saturated heterocycles. The van der Waals surface area contributed by atoms with Crippen molar-refractivity contribution in [2.75, 3.05) is 5.32 Å². The Labute approximate surface area is 93.3 Å². The Morgan fingerprint density at radius 2 is 2.31 bits per heavy atom. The van der Waals surface area contributed by atoms with Crippen molar-refractivity contribution in [3.05, 3.63) is 29.3 Å². The lowest BCUT2D eigenvalue weighted by Gasteiger charge is -2.22. The van der Waals surface area contributed by atoms with Crippen molar-refractivity contribution < 1.29 is 14.7 Å². The van der Waals surface area contributed by atoms with Gasteiger partial charge in [0.05, 0.1) is 0 Å². The van der Waals surface area contributed by atoms with Gasteiger partial charge in [0.2, 0.25) is 5.91 Å². The van der Waals surface area contributed by atoms with Crippen LogP contribution in [0.2, 0.25) is 0 Å². The first-order valence-corrected chi connectivity index (χ1v) is 5.27. The summed E-state index contributed by atoms with van der Waals surface area (Å²) < 4.78 is 0. The predicted molar refractivity (Wildman–Crippen MR) is 59.3 cm³/mol. The molecule has 1 atom stereocenters. The molecule has 0 aromatic heterocycles. The van der Waals surface area contributed by atoms with E-state index < -0.39 is 17.8 Å². The monoisotopic (exact) mass is 219 g/mol. The molecule has 2 N–H and O–H groups in total. The Hall–Kier alpha value is -1.84. The standard InChI is InChI=1S/C12H13NO3/c1-2-7-3-4-10-8(5-7)6-9(12(15)16)11(14)13-10/h3-5,9H,2,6H2,1H3,(H,13,14)(H,15,16). The summed E-state index contributed by atoms with van der Waals surface area (Å²) in [4.78, 5) is 22.3. The van der Waals surface area contributed by atoms with Gasteiger partial charge >= 0.3 is 5.97 Å².